The fourth-order valence-corrected chi connectivity index (χ4v) is 1.80. The van der Waals surface area contributed by atoms with Crippen LogP contribution in [-0.4, -0.2) is 16.3 Å². The van der Waals surface area contributed by atoms with E-state index in [0.717, 1.165) is 10.9 Å². The van der Waals surface area contributed by atoms with Crippen LogP contribution in [0, 0.1) is 0 Å². The lowest BCUT2D eigenvalue weighted by molar-refractivity contribution is 0.215. The average Bonchev–Trinajstić information content (AvgIpc) is 2.89. The molecule has 94 valence electrons. The Hall–Kier alpha value is -2.82. The Morgan fingerprint density at radius 2 is 1.95 bits per heavy atom. The highest BCUT2D eigenvalue weighted by molar-refractivity contribution is 5.98. The smallest absolute Gasteiger partial charge is 0.410 e. The molecule has 3 aromatic rings. The van der Waals surface area contributed by atoms with E-state index in [-0.39, 0.29) is 0 Å². The summed E-state index contributed by atoms with van der Waals surface area (Å²) in [7, 11) is 0. The fraction of sp³-hybridized carbons (Fsp3) is 0. The minimum Gasteiger partial charge on any atom is -0.410 e. The number of carbonyl (C=O) groups excluding carboxylic acids is 1. The van der Waals surface area contributed by atoms with Gasteiger partial charge in [0.25, 0.3) is 0 Å². The first-order valence-corrected chi connectivity index (χ1v) is 5.79. The zero-order chi connectivity index (χ0) is 13.1. The molecule has 2 N–H and O–H groups in total. The van der Waals surface area contributed by atoms with Crippen LogP contribution in [0.15, 0.2) is 54.7 Å². The van der Waals surface area contributed by atoms with Gasteiger partial charge >= 0.3 is 6.09 Å². The number of aromatic amines is 1. The number of aromatic nitrogens is 2. The summed E-state index contributed by atoms with van der Waals surface area (Å²) in [5.41, 5.74) is 1.41. The summed E-state index contributed by atoms with van der Waals surface area (Å²) >= 11 is 0. The van der Waals surface area contributed by atoms with Gasteiger partial charge in [-0.2, -0.15) is 5.10 Å². The van der Waals surface area contributed by atoms with Crippen LogP contribution in [0.3, 0.4) is 0 Å². The van der Waals surface area contributed by atoms with E-state index in [1.807, 2.05) is 18.2 Å². The molecular formula is C14H11N3O2. The predicted octanol–water partition coefficient (Wildman–Crippen LogP) is 3.17. The molecule has 0 fully saturated rings. The Kier molecular flexibility index (Phi) is 2.86. The van der Waals surface area contributed by atoms with Crippen molar-refractivity contribution < 1.29 is 9.53 Å². The molecule has 0 unspecified atom stereocenters. The van der Waals surface area contributed by atoms with Crippen LogP contribution < -0.4 is 10.1 Å². The van der Waals surface area contributed by atoms with Crippen LogP contribution in [0.25, 0.3) is 10.9 Å². The quantitative estimate of drug-likeness (QED) is 0.737. The SMILES string of the molecule is O=C(Nc1cccc2cn[nH]c12)Oc1ccccc1. The molecule has 0 saturated heterocycles. The van der Waals surface area contributed by atoms with Gasteiger partial charge < -0.3 is 4.74 Å². The number of ether oxygens (including phenoxy) is 1. The van der Waals surface area contributed by atoms with Gasteiger partial charge in [-0.3, -0.25) is 10.4 Å². The minimum absolute atomic E-state index is 0.497. The van der Waals surface area contributed by atoms with Crippen molar-refractivity contribution >= 4 is 22.7 Å². The molecule has 1 heterocycles. The van der Waals surface area contributed by atoms with E-state index in [2.05, 4.69) is 15.5 Å². The highest BCUT2D eigenvalue weighted by Gasteiger charge is 2.08. The second-order valence-corrected chi connectivity index (χ2v) is 3.97. The summed E-state index contributed by atoms with van der Waals surface area (Å²) in [6.07, 6.45) is 1.16. The van der Waals surface area contributed by atoms with E-state index >= 15 is 0 Å². The largest absolute Gasteiger partial charge is 0.417 e. The van der Waals surface area contributed by atoms with Gasteiger partial charge in [-0.1, -0.05) is 30.3 Å². The number of hydrogen-bond donors (Lipinski definition) is 2. The van der Waals surface area contributed by atoms with Gasteiger partial charge in [-0.05, 0) is 18.2 Å². The molecule has 1 aromatic heterocycles. The monoisotopic (exact) mass is 253 g/mol. The summed E-state index contributed by atoms with van der Waals surface area (Å²) in [6.45, 7) is 0. The van der Waals surface area contributed by atoms with Crippen molar-refractivity contribution in [2.45, 2.75) is 0 Å². The fourth-order valence-electron chi connectivity index (χ4n) is 1.80. The lowest BCUT2D eigenvalue weighted by Gasteiger charge is -2.07. The molecule has 3 rings (SSSR count). The summed E-state index contributed by atoms with van der Waals surface area (Å²) in [5.74, 6) is 0.497. The Labute approximate surface area is 109 Å². The number of fused-ring (bicyclic) bond motifs is 1. The normalized spacial score (nSPS) is 10.3. The molecule has 5 nitrogen and oxygen atoms in total. The van der Waals surface area contributed by atoms with Crippen LogP contribution in [0.5, 0.6) is 5.75 Å². The first kappa shape index (κ1) is 11.3. The maximum atomic E-state index is 11.8. The van der Waals surface area contributed by atoms with Crippen LogP contribution in [0.2, 0.25) is 0 Å². The highest BCUT2D eigenvalue weighted by Crippen LogP contribution is 2.20. The first-order valence-electron chi connectivity index (χ1n) is 5.79. The molecule has 2 aromatic carbocycles. The number of benzene rings is 2. The van der Waals surface area contributed by atoms with E-state index in [4.69, 9.17) is 4.74 Å². The van der Waals surface area contributed by atoms with Crippen molar-refractivity contribution in [1.29, 1.82) is 0 Å². The van der Waals surface area contributed by atoms with Gasteiger partial charge in [0.2, 0.25) is 0 Å². The Morgan fingerprint density at radius 3 is 2.79 bits per heavy atom. The Balaban J connectivity index is 1.78. The first-order chi connectivity index (χ1) is 9.33. The van der Waals surface area contributed by atoms with Crippen LogP contribution in [0.1, 0.15) is 0 Å². The number of nitrogens with zero attached hydrogens (tertiary/aromatic N) is 1. The molecule has 1 amide bonds. The Morgan fingerprint density at radius 1 is 1.11 bits per heavy atom. The van der Waals surface area contributed by atoms with Crippen LogP contribution in [0.4, 0.5) is 10.5 Å². The van der Waals surface area contributed by atoms with E-state index in [9.17, 15) is 4.79 Å². The number of para-hydroxylation sites is 2. The van der Waals surface area contributed by atoms with Gasteiger partial charge in [0.15, 0.2) is 0 Å². The standard InChI is InChI=1S/C14H11N3O2/c18-14(19-11-6-2-1-3-7-11)16-12-8-4-5-10-9-15-17-13(10)12/h1-9H,(H,15,17)(H,16,18). The van der Waals surface area contributed by atoms with Crippen molar-refractivity contribution in [1.82, 2.24) is 10.2 Å². The molecule has 0 aliphatic heterocycles. The molecule has 19 heavy (non-hydrogen) atoms. The molecule has 0 bridgehead atoms. The zero-order valence-electron chi connectivity index (χ0n) is 9.96. The van der Waals surface area contributed by atoms with Gasteiger partial charge in [-0.15, -0.1) is 0 Å². The number of H-pyrrole nitrogens is 1. The predicted molar refractivity (Wildman–Crippen MR) is 72.2 cm³/mol. The molecule has 0 atom stereocenters. The van der Waals surface area contributed by atoms with Crippen molar-refractivity contribution in [2.24, 2.45) is 0 Å². The second kappa shape index (κ2) is 4.81. The molecule has 0 saturated carbocycles. The molecule has 5 heteroatoms. The summed E-state index contributed by atoms with van der Waals surface area (Å²) < 4.78 is 5.16. The third-order valence-corrected chi connectivity index (χ3v) is 2.67. The topological polar surface area (TPSA) is 67.0 Å². The second-order valence-electron chi connectivity index (χ2n) is 3.97. The summed E-state index contributed by atoms with van der Waals surface area (Å²) in [5, 5.41) is 10.4. The molecule has 0 aliphatic rings. The van der Waals surface area contributed by atoms with Gasteiger partial charge in [0.1, 0.15) is 5.75 Å². The van der Waals surface area contributed by atoms with Crippen molar-refractivity contribution in [3.05, 3.63) is 54.7 Å². The van der Waals surface area contributed by atoms with Crippen molar-refractivity contribution in [3.8, 4) is 5.75 Å². The van der Waals surface area contributed by atoms with Crippen LogP contribution >= 0.6 is 0 Å². The van der Waals surface area contributed by atoms with E-state index < -0.39 is 6.09 Å². The van der Waals surface area contributed by atoms with E-state index in [1.165, 1.54) is 0 Å². The molecule has 0 radical (unpaired) electrons. The van der Waals surface area contributed by atoms with Gasteiger partial charge in [0, 0.05) is 5.39 Å². The third kappa shape index (κ3) is 2.40. The number of rotatable bonds is 2. The van der Waals surface area contributed by atoms with E-state index in [1.54, 1.807) is 36.5 Å². The van der Waals surface area contributed by atoms with Crippen LogP contribution in [-0.2, 0) is 0 Å². The number of amides is 1. The molecule has 0 spiro atoms. The molecule has 0 aliphatic carbocycles. The number of anilines is 1. The Bertz CT molecular complexity index is 707. The maximum Gasteiger partial charge on any atom is 0.417 e. The number of nitrogens with one attached hydrogen (secondary N) is 2. The van der Waals surface area contributed by atoms with E-state index in [0.29, 0.717) is 11.4 Å². The number of carbonyl (C=O) groups is 1. The lowest BCUT2D eigenvalue weighted by Crippen LogP contribution is -2.16. The average molecular weight is 253 g/mol. The van der Waals surface area contributed by atoms with Gasteiger partial charge in [0.05, 0.1) is 17.4 Å². The summed E-state index contributed by atoms with van der Waals surface area (Å²) in [4.78, 5) is 11.8. The number of hydrogen-bond acceptors (Lipinski definition) is 3. The van der Waals surface area contributed by atoms with Crippen molar-refractivity contribution in [3.63, 3.8) is 0 Å². The maximum absolute atomic E-state index is 11.8. The zero-order valence-corrected chi connectivity index (χ0v) is 9.96. The van der Waals surface area contributed by atoms with Gasteiger partial charge in [-0.25, -0.2) is 4.79 Å². The highest BCUT2D eigenvalue weighted by atomic mass is 16.6. The third-order valence-electron chi connectivity index (χ3n) is 2.67. The van der Waals surface area contributed by atoms with Crippen molar-refractivity contribution in [2.75, 3.05) is 5.32 Å². The molecular weight excluding hydrogens is 242 g/mol. The lowest BCUT2D eigenvalue weighted by atomic mass is 10.2. The summed E-state index contributed by atoms with van der Waals surface area (Å²) in [6, 6.07) is 14.4. The minimum atomic E-state index is -0.534.